The Morgan fingerprint density at radius 3 is 0.962 bits per heavy atom. The molecule has 0 atom stereocenters. The van der Waals surface area contributed by atoms with Crippen LogP contribution in [-0.2, 0) is 19.1 Å². The van der Waals surface area contributed by atoms with E-state index in [-0.39, 0.29) is 23.1 Å². The summed E-state index contributed by atoms with van der Waals surface area (Å²) in [5.74, 6) is -0.571. The number of Topliss-reactive ketones (excluding diaryl/α,β-unsaturated/α-hetero) is 2. The molecule has 0 aromatic rings. The van der Waals surface area contributed by atoms with Gasteiger partial charge in [0.1, 0.15) is 0 Å². The van der Waals surface area contributed by atoms with E-state index in [0.717, 1.165) is 77.0 Å². The molecule has 0 spiro atoms. The SMILES string of the molecule is COC1=C(OC)C(=O)C(C/C=C(\C)CC/C=C(\C)CC/C=C(\C)CC/C=C(\C)CC/C=C(\C)CC/C=C(\C)CC/C=C(\C)CCC=C(C)C)=C(C)C1=O. The highest BCUT2D eigenvalue weighted by Gasteiger charge is 2.34. The van der Waals surface area contributed by atoms with Gasteiger partial charge in [0, 0.05) is 11.1 Å². The molecular formula is C49H74O4. The number of hydrogen-bond acceptors (Lipinski definition) is 4. The highest BCUT2D eigenvalue weighted by atomic mass is 16.5. The van der Waals surface area contributed by atoms with Gasteiger partial charge in [-0.25, -0.2) is 0 Å². The van der Waals surface area contributed by atoms with Gasteiger partial charge < -0.3 is 9.47 Å². The third-order valence-corrected chi connectivity index (χ3v) is 10.0. The van der Waals surface area contributed by atoms with Crippen LogP contribution >= 0.6 is 0 Å². The van der Waals surface area contributed by atoms with Crippen LogP contribution in [0.4, 0.5) is 0 Å². The average molecular weight is 727 g/mol. The third kappa shape index (κ3) is 20.4. The number of rotatable bonds is 25. The van der Waals surface area contributed by atoms with Gasteiger partial charge in [-0.05, 0) is 166 Å². The van der Waals surface area contributed by atoms with Crippen LogP contribution in [0.5, 0.6) is 0 Å². The van der Waals surface area contributed by atoms with Crippen molar-refractivity contribution in [2.75, 3.05) is 14.2 Å². The van der Waals surface area contributed by atoms with Crippen molar-refractivity contribution in [2.45, 2.75) is 166 Å². The molecule has 0 aliphatic heterocycles. The molecule has 0 fully saturated rings. The van der Waals surface area contributed by atoms with E-state index >= 15 is 0 Å². The van der Waals surface area contributed by atoms with Gasteiger partial charge >= 0.3 is 0 Å². The molecule has 0 amide bonds. The predicted octanol–water partition coefficient (Wildman–Crippen LogP) is 14.4. The van der Waals surface area contributed by atoms with Crippen LogP contribution in [0.25, 0.3) is 0 Å². The molecule has 0 heterocycles. The normalized spacial score (nSPS) is 15.9. The lowest BCUT2D eigenvalue weighted by molar-refractivity contribution is -0.121. The van der Waals surface area contributed by atoms with E-state index in [4.69, 9.17) is 9.47 Å². The number of hydrogen-bond donors (Lipinski definition) is 0. The van der Waals surface area contributed by atoms with Crippen LogP contribution in [0.3, 0.4) is 0 Å². The van der Waals surface area contributed by atoms with Gasteiger partial charge in [-0.2, -0.15) is 0 Å². The molecule has 1 aliphatic rings. The minimum atomic E-state index is -0.283. The first kappa shape index (κ1) is 47.4. The Kier molecular flexibility index (Phi) is 24.1. The summed E-state index contributed by atoms with van der Waals surface area (Å²) in [4.78, 5) is 25.5. The standard InChI is InChI=1S/C49H74O4/c1-36(2)20-13-21-37(3)22-14-23-38(4)24-15-25-39(5)26-16-27-40(6)28-17-29-41(7)30-18-31-42(8)32-19-33-43(9)34-35-45-44(10)46(50)48(52-11)49(53-12)47(45)51/h20,22,24,26,28,30,32,34H,13-19,21,23,25,27,29,31,33,35H2,1-12H3/b37-22+,38-24+,39-26+,40-28+,41-30+,42-32+,43-34+. The Labute approximate surface area is 325 Å². The second-order valence-electron chi connectivity index (χ2n) is 15.4. The molecule has 294 valence electrons. The number of allylic oxidation sites excluding steroid dienone is 18. The van der Waals surface area contributed by atoms with E-state index in [1.807, 2.05) is 0 Å². The molecule has 1 aliphatic carbocycles. The van der Waals surface area contributed by atoms with E-state index < -0.39 is 0 Å². The fraction of sp³-hybridized carbons (Fsp3) is 0.551. The average Bonchev–Trinajstić information content (AvgIpc) is 3.09. The molecule has 53 heavy (non-hydrogen) atoms. The summed E-state index contributed by atoms with van der Waals surface area (Å²) in [6.07, 6.45) is 34.7. The fourth-order valence-electron chi connectivity index (χ4n) is 6.29. The molecule has 0 aromatic carbocycles. The Morgan fingerprint density at radius 2 is 0.679 bits per heavy atom. The molecular weight excluding hydrogens is 653 g/mol. The van der Waals surface area contributed by atoms with Gasteiger partial charge in [0.05, 0.1) is 14.2 Å². The second kappa shape index (κ2) is 27.0. The predicted molar refractivity (Wildman–Crippen MR) is 229 cm³/mol. The maximum absolute atomic E-state index is 12.9. The molecule has 0 bridgehead atoms. The van der Waals surface area contributed by atoms with E-state index in [2.05, 4.69) is 111 Å². The van der Waals surface area contributed by atoms with E-state index in [1.165, 1.54) is 71.6 Å². The monoisotopic (exact) mass is 727 g/mol. The smallest absolute Gasteiger partial charge is 0.228 e. The van der Waals surface area contributed by atoms with Crippen LogP contribution in [-0.4, -0.2) is 25.8 Å². The zero-order valence-corrected chi connectivity index (χ0v) is 35.9. The first-order valence-electron chi connectivity index (χ1n) is 20.0. The first-order valence-corrected chi connectivity index (χ1v) is 20.0. The van der Waals surface area contributed by atoms with Gasteiger partial charge in [-0.1, -0.05) is 93.2 Å². The minimum Gasteiger partial charge on any atom is -0.489 e. The van der Waals surface area contributed by atoms with Crippen molar-refractivity contribution in [3.8, 4) is 0 Å². The maximum atomic E-state index is 12.9. The quantitative estimate of drug-likeness (QED) is 0.0694. The molecule has 0 saturated heterocycles. The summed E-state index contributed by atoms with van der Waals surface area (Å²) in [5, 5.41) is 0. The highest BCUT2D eigenvalue weighted by molar-refractivity contribution is 6.23. The molecule has 0 N–H and O–H groups in total. The van der Waals surface area contributed by atoms with Crippen LogP contribution in [0, 0.1) is 0 Å². The molecule has 4 heteroatoms. The lowest BCUT2D eigenvalue weighted by Crippen LogP contribution is -2.24. The van der Waals surface area contributed by atoms with E-state index in [9.17, 15) is 9.59 Å². The molecule has 0 unspecified atom stereocenters. The number of ketones is 2. The van der Waals surface area contributed by atoms with Crippen molar-refractivity contribution in [1.82, 2.24) is 0 Å². The fourth-order valence-corrected chi connectivity index (χ4v) is 6.29. The molecule has 0 aromatic heterocycles. The van der Waals surface area contributed by atoms with Gasteiger partial charge in [0.15, 0.2) is 0 Å². The van der Waals surface area contributed by atoms with Gasteiger partial charge in [0.2, 0.25) is 23.1 Å². The third-order valence-electron chi connectivity index (χ3n) is 10.0. The zero-order chi connectivity index (χ0) is 39.8. The summed E-state index contributed by atoms with van der Waals surface area (Å²) >= 11 is 0. The molecule has 1 rings (SSSR count). The van der Waals surface area contributed by atoms with Gasteiger partial charge in [-0.15, -0.1) is 0 Å². The summed E-state index contributed by atoms with van der Waals surface area (Å²) in [6, 6.07) is 0. The van der Waals surface area contributed by atoms with Crippen molar-refractivity contribution < 1.29 is 19.1 Å². The summed E-state index contributed by atoms with van der Waals surface area (Å²) in [7, 11) is 2.77. The van der Waals surface area contributed by atoms with Gasteiger partial charge in [-0.3, -0.25) is 9.59 Å². The Balaban J connectivity index is 2.34. The van der Waals surface area contributed by atoms with Crippen molar-refractivity contribution in [2.24, 2.45) is 0 Å². The molecule has 4 nitrogen and oxygen atoms in total. The lowest BCUT2D eigenvalue weighted by atomic mass is 9.90. The van der Waals surface area contributed by atoms with Crippen LogP contribution in [0.1, 0.15) is 166 Å². The first-order chi connectivity index (χ1) is 25.2. The van der Waals surface area contributed by atoms with Crippen molar-refractivity contribution in [1.29, 1.82) is 0 Å². The second-order valence-corrected chi connectivity index (χ2v) is 15.4. The number of methoxy groups -OCH3 is 2. The Hall–Kier alpha value is -3.66. The topological polar surface area (TPSA) is 52.6 Å². The molecule has 0 radical (unpaired) electrons. The minimum absolute atomic E-state index is 0.00640. The summed E-state index contributed by atoms with van der Waals surface area (Å²) in [6.45, 7) is 21.7. The van der Waals surface area contributed by atoms with Crippen LogP contribution < -0.4 is 0 Å². The van der Waals surface area contributed by atoms with Crippen LogP contribution in [0.2, 0.25) is 0 Å². The van der Waals surface area contributed by atoms with Crippen molar-refractivity contribution >= 4 is 11.6 Å². The zero-order valence-electron chi connectivity index (χ0n) is 35.9. The van der Waals surface area contributed by atoms with Crippen molar-refractivity contribution in [3.63, 3.8) is 0 Å². The van der Waals surface area contributed by atoms with Crippen molar-refractivity contribution in [3.05, 3.63) is 116 Å². The van der Waals surface area contributed by atoms with Crippen LogP contribution in [0.15, 0.2) is 116 Å². The largest absolute Gasteiger partial charge is 0.489 e. The number of ether oxygens (including phenoxy) is 2. The maximum Gasteiger partial charge on any atom is 0.228 e. The Morgan fingerprint density at radius 1 is 0.415 bits per heavy atom. The summed E-state index contributed by atoms with van der Waals surface area (Å²) < 4.78 is 10.3. The van der Waals surface area contributed by atoms with E-state index in [1.54, 1.807) is 6.92 Å². The van der Waals surface area contributed by atoms with E-state index in [0.29, 0.717) is 17.6 Å². The summed E-state index contributed by atoms with van der Waals surface area (Å²) in [5.41, 5.74) is 12.4. The Bertz CT molecular complexity index is 1520. The number of carbonyl (C=O) groups is 2. The number of carbonyl (C=O) groups excluding carboxylic acids is 2. The van der Waals surface area contributed by atoms with Gasteiger partial charge in [0.25, 0.3) is 0 Å². The lowest BCUT2D eigenvalue weighted by Gasteiger charge is -2.19. The molecule has 0 saturated carbocycles. The highest BCUT2D eigenvalue weighted by Crippen LogP contribution is 2.28.